The molecule has 6 heteroatoms. The fourth-order valence-electron chi connectivity index (χ4n) is 2.24. The third-order valence-electron chi connectivity index (χ3n) is 3.66. The smallest absolute Gasteiger partial charge is 0.260 e. The van der Waals surface area contributed by atoms with Crippen molar-refractivity contribution in [1.29, 1.82) is 0 Å². The highest BCUT2D eigenvalue weighted by molar-refractivity contribution is 9.10. The number of anilines is 1. The highest BCUT2D eigenvalue weighted by Gasteiger charge is 2.15. The van der Waals surface area contributed by atoms with Gasteiger partial charge in [0, 0.05) is 11.5 Å². The molecule has 0 atom stereocenters. The van der Waals surface area contributed by atoms with Crippen LogP contribution < -0.4 is 10.1 Å². The fraction of sp³-hybridized carbons (Fsp3) is 0.263. The Kier molecular flexibility index (Phi) is 7.01. The molecule has 0 spiro atoms. The highest BCUT2D eigenvalue weighted by atomic mass is 79.9. The summed E-state index contributed by atoms with van der Waals surface area (Å²) in [5, 5.41) is 2.77. The quantitative estimate of drug-likeness (QED) is 0.768. The minimum absolute atomic E-state index is 0.0427. The number of carbonyl (C=O) groups excluding carboxylic acids is 2. The summed E-state index contributed by atoms with van der Waals surface area (Å²) in [7, 11) is 1.58. The van der Waals surface area contributed by atoms with Crippen molar-refractivity contribution < 1.29 is 14.3 Å². The first-order chi connectivity index (χ1) is 12.0. The SMILES string of the molecule is CCc1ccccc1OCC(=O)N(C)CC(=O)Nc1ccccc1Br. The van der Waals surface area contributed by atoms with Crippen LogP contribution in [0, 0.1) is 0 Å². The summed E-state index contributed by atoms with van der Waals surface area (Å²) in [4.78, 5) is 25.6. The van der Waals surface area contributed by atoms with E-state index in [2.05, 4.69) is 21.2 Å². The molecular weight excluding hydrogens is 384 g/mol. The average molecular weight is 405 g/mol. The van der Waals surface area contributed by atoms with Crippen LogP contribution in [0.2, 0.25) is 0 Å². The summed E-state index contributed by atoms with van der Waals surface area (Å²) in [5.41, 5.74) is 1.71. The number of nitrogens with one attached hydrogen (secondary N) is 1. The van der Waals surface area contributed by atoms with Crippen molar-refractivity contribution in [3.8, 4) is 5.75 Å². The number of carbonyl (C=O) groups is 2. The van der Waals surface area contributed by atoms with Crippen LogP contribution in [0.4, 0.5) is 5.69 Å². The van der Waals surface area contributed by atoms with E-state index in [9.17, 15) is 9.59 Å². The number of benzene rings is 2. The molecule has 0 aromatic heterocycles. The molecule has 0 saturated carbocycles. The Morgan fingerprint density at radius 1 is 1.12 bits per heavy atom. The predicted molar refractivity (Wildman–Crippen MR) is 102 cm³/mol. The van der Waals surface area contributed by atoms with E-state index in [0.717, 1.165) is 16.5 Å². The number of rotatable bonds is 7. The topological polar surface area (TPSA) is 58.6 Å². The van der Waals surface area contributed by atoms with E-state index in [4.69, 9.17) is 4.74 Å². The van der Waals surface area contributed by atoms with Gasteiger partial charge >= 0.3 is 0 Å². The molecule has 2 amide bonds. The number of hydrogen-bond donors (Lipinski definition) is 1. The minimum Gasteiger partial charge on any atom is -0.483 e. The Labute approximate surface area is 156 Å². The number of para-hydroxylation sites is 2. The molecule has 0 radical (unpaired) electrons. The van der Waals surface area contributed by atoms with Gasteiger partial charge < -0.3 is 15.0 Å². The Morgan fingerprint density at radius 2 is 1.80 bits per heavy atom. The number of amides is 2. The minimum atomic E-state index is -0.267. The van der Waals surface area contributed by atoms with Gasteiger partial charge in [-0.2, -0.15) is 0 Å². The second kappa shape index (κ2) is 9.22. The maximum atomic E-state index is 12.2. The van der Waals surface area contributed by atoms with Gasteiger partial charge in [0.15, 0.2) is 6.61 Å². The zero-order chi connectivity index (χ0) is 18.2. The van der Waals surface area contributed by atoms with Crippen molar-refractivity contribution >= 4 is 33.4 Å². The second-order valence-corrected chi connectivity index (χ2v) is 6.38. The Morgan fingerprint density at radius 3 is 2.52 bits per heavy atom. The number of aryl methyl sites for hydroxylation is 1. The summed E-state index contributed by atoms with van der Waals surface area (Å²) >= 11 is 3.37. The number of ether oxygens (including phenoxy) is 1. The summed E-state index contributed by atoms with van der Waals surface area (Å²) < 4.78 is 6.39. The standard InChI is InChI=1S/C19H21BrN2O3/c1-3-14-8-4-7-11-17(14)25-13-19(24)22(2)12-18(23)21-16-10-6-5-9-15(16)20/h4-11H,3,12-13H2,1-2H3,(H,21,23). The van der Waals surface area contributed by atoms with Crippen LogP contribution in [-0.2, 0) is 16.0 Å². The van der Waals surface area contributed by atoms with Crippen molar-refractivity contribution in [1.82, 2.24) is 4.90 Å². The molecule has 0 aliphatic rings. The van der Waals surface area contributed by atoms with Crippen LogP contribution in [0.25, 0.3) is 0 Å². The van der Waals surface area contributed by atoms with Gasteiger partial charge in [-0.05, 0) is 46.1 Å². The molecule has 0 heterocycles. The number of hydrogen-bond acceptors (Lipinski definition) is 3. The second-order valence-electron chi connectivity index (χ2n) is 5.53. The number of likely N-dealkylation sites (N-methyl/N-ethyl adjacent to an activating group) is 1. The monoisotopic (exact) mass is 404 g/mol. The zero-order valence-corrected chi connectivity index (χ0v) is 15.9. The number of nitrogens with zero attached hydrogens (tertiary/aromatic N) is 1. The van der Waals surface area contributed by atoms with Crippen LogP contribution >= 0.6 is 15.9 Å². The van der Waals surface area contributed by atoms with E-state index in [1.165, 1.54) is 4.90 Å². The summed E-state index contributed by atoms with van der Waals surface area (Å²) in [6, 6.07) is 14.9. The lowest BCUT2D eigenvalue weighted by atomic mass is 10.1. The van der Waals surface area contributed by atoms with Gasteiger partial charge in [-0.15, -0.1) is 0 Å². The Bertz CT molecular complexity index is 749. The molecule has 2 aromatic carbocycles. The average Bonchev–Trinajstić information content (AvgIpc) is 2.61. The van der Waals surface area contributed by atoms with E-state index in [-0.39, 0.29) is 25.0 Å². The molecule has 2 aromatic rings. The molecule has 0 saturated heterocycles. The first-order valence-corrected chi connectivity index (χ1v) is 8.79. The van der Waals surface area contributed by atoms with Gasteiger partial charge in [0.1, 0.15) is 5.75 Å². The summed E-state index contributed by atoms with van der Waals surface area (Å²) in [6.07, 6.45) is 0.828. The number of halogens is 1. The van der Waals surface area contributed by atoms with E-state index >= 15 is 0 Å². The fourth-order valence-corrected chi connectivity index (χ4v) is 2.63. The van der Waals surface area contributed by atoms with Crippen LogP contribution in [0.3, 0.4) is 0 Å². The molecule has 2 rings (SSSR count). The molecule has 25 heavy (non-hydrogen) atoms. The molecule has 0 unspecified atom stereocenters. The normalized spacial score (nSPS) is 10.2. The van der Waals surface area contributed by atoms with Crippen LogP contribution in [0.15, 0.2) is 53.0 Å². The van der Waals surface area contributed by atoms with Gasteiger partial charge in [0.05, 0.1) is 12.2 Å². The van der Waals surface area contributed by atoms with Gasteiger partial charge in [0.2, 0.25) is 5.91 Å². The maximum Gasteiger partial charge on any atom is 0.260 e. The molecule has 1 N–H and O–H groups in total. The van der Waals surface area contributed by atoms with Crippen molar-refractivity contribution in [3.05, 3.63) is 58.6 Å². The largest absolute Gasteiger partial charge is 0.483 e. The highest BCUT2D eigenvalue weighted by Crippen LogP contribution is 2.21. The third kappa shape index (κ3) is 5.60. The predicted octanol–water partition coefficient (Wildman–Crippen LogP) is 3.49. The van der Waals surface area contributed by atoms with Crippen LogP contribution in [-0.4, -0.2) is 36.9 Å². The zero-order valence-electron chi connectivity index (χ0n) is 14.3. The lowest BCUT2D eigenvalue weighted by Gasteiger charge is -2.18. The first-order valence-electron chi connectivity index (χ1n) is 8.00. The van der Waals surface area contributed by atoms with Crippen molar-refractivity contribution in [2.45, 2.75) is 13.3 Å². The summed E-state index contributed by atoms with van der Waals surface area (Å²) in [6.45, 7) is 1.89. The molecule has 0 aliphatic carbocycles. The van der Waals surface area contributed by atoms with E-state index in [1.807, 2.05) is 49.4 Å². The van der Waals surface area contributed by atoms with Crippen molar-refractivity contribution in [2.75, 3.05) is 25.5 Å². The van der Waals surface area contributed by atoms with Crippen LogP contribution in [0.5, 0.6) is 5.75 Å². The molecule has 132 valence electrons. The maximum absolute atomic E-state index is 12.2. The van der Waals surface area contributed by atoms with E-state index in [1.54, 1.807) is 13.1 Å². The van der Waals surface area contributed by atoms with Gasteiger partial charge in [0.25, 0.3) is 5.91 Å². The summed E-state index contributed by atoms with van der Waals surface area (Å²) in [5.74, 6) is 0.175. The molecule has 0 bridgehead atoms. The molecule has 0 fully saturated rings. The Hall–Kier alpha value is -2.34. The lowest BCUT2D eigenvalue weighted by Crippen LogP contribution is -2.37. The van der Waals surface area contributed by atoms with Crippen molar-refractivity contribution in [3.63, 3.8) is 0 Å². The van der Waals surface area contributed by atoms with Crippen molar-refractivity contribution in [2.24, 2.45) is 0 Å². The Balaban J connectivity index is 1.85. The van der Waals surface area contributed by atoms with Gasteiger partial charge in [-0.3, -0.25) is 9.59 Å². The third-order valence-corrected chi connectivity index (χ3v) is 4.35. The molecular formula is C19H21BrN2O3. The van der Waals surface area contributed by atoms with Crippen LogP contribution in [0.1, 0.15) is 12.5 Å². The molecule has 0 aliphatic heterocycles. The van der Waals surface area contributed by atoms with E-state index in [0.29, 0.717) is 11.4 Å². The first kappa shape index (κ1) is 19.0. The van der Waals surface area contributed by atoms with Gasteiger partial charge in [-0.25, -0.2) is 0 Å². The van der Waals surface area contributed by atoms with E-state index < -0.39 is 0 Å². The van der Waals surface area contributed by atoms with Gasteiger partial charge in [-0.1, -0.05) is 37.3 Å². The molecule has 5 nitrogen and oxygen atoms in total. The lowest BCUT2D eigenvalue weighted by molar-refractivity contribution is -0.135.